The van der Waals surface area contributed by atoms with Crippen LogP contribution in [0.15, 0.2) is 224 Å². The van der Waals surface area contributed by atoms with Gasteiger partial charge in [-0.2, -0.15) is 0 Å². The Hall–Kier alpha value is -7.28. The van der Waals surface area contributed by atoms with Gasteiger partial charge in [0.15, 0.2) is 0 Å². The van der Waals surface area contributed by atoms with Gasteiger partial charge in [-0.05, 0) is 104 Å². The highest BCUT2D eigenvalue weighted by molar-refractivity contribution is 6.25. The quantitative estimate of drug-likeness (QED) is 0.159. The largest absolute Gasteiger partial charge is 0.0622 e. The van der Waals surface area contributed by atoms with Crippen molar-refractivity contribution in [3.05, 3.63) is 252 Å². The molecule has 57 heavy (non-hydrogen) atoms. The zero-order valence-electron chi connectivity index (χ0n) is 31.4. The van der Waals surface area contributed by atoms with Crippen LogP contribution in [-0.4, -0.2) is 0 Å². The highest BCUT2D eigenvalue weighted by atomic mass is 14.4. The Balaban J connectivity index is 0.000000193. The van der Waals surface area contributed by atoms with Gasteiger partial charge < -0.3 is 0 Å². The van der Waals surface area contributed by atoms with Crippen LogP contribution in [0, 0.1) is 0 Å². The number of benzene rings is 11. The van der Waals surface area contributed by atoms with E-state index in [1.165, 1.54) is 104 Å². The molecule has 1 aliphatic carbocycles. The van der Waals surface area contributed by atoms with E-state index >= 15 is 0 Å². The molecule has 1 aliphatic rings. The van der Waals surface area contributed by atoms with E-state index in [1.807, 2.05) is 0 Å². The smallest absolute Gasteiger partial charge is 0.0364 e. The molecule has 0 heteroatoms. The van der Waals surface area contributed by atoms with Crippen LogP contribution in [0.1, 0.15) is 33.7 Å². The van der Waals surface area contributed by atoms with Crippen molar-refractivity contribution in [3.63, 3.8) is 0 Å². The molecule has 0 amide bonds. The molecule has 0 spiro atoms. The van der Waals surface area contributed by atoms with Gasteiger partial charge in [-0.3, -0.25) is 0 Å². The third-order valence-electron chi connectivity index (χ3n) is 11.9. The lowest BCUT2D eigenvalue weighted by Gasteiger charge is -2.21. The maximum absolute atomic E-state index is 2.33. The summed E-state index contributed by atoms with van der Waals surface area (Å²) in [7, 11) is 0. The lowest BCUT2D eigenvalue weighted by Crippen LogP contribution is -2.03. The molecule has 1 atom stereocenters. The summed E-state index contributed by atoms with van der Waals surface area (Å²) < 4.78 is 0. The van der Waals surface area contributed by atoms with Crippen molar-refractivity contribution in [2.45, 2.75) is 5.92 Å². The molecule has 0 saturated heterocycles. The highest BCUT2D eigenvalue weighted by Gasteiger charge is 2.37. The SMILES string of the molecule is c1cc2ccc3cccc4ccc(c1)c2c34.c1ccc(C2=C(c3ccccc3)C(c3ccccc3)c3c2c2c(-c4ccccc4)cccc2c2ccccc32)cc1. The normalized spacial score (nSPS) is 13.7. The van der Waals surface area contributed by atoms with Crippen LogP contribution in [-0.2, 0) is 0 Å². The first kappa shape index (κ1) is 33.1. The molecule has 1 unspecified atom stereocenters. The molecule has 0 saturated carbocycles. The van der Waals surface area contributed by atoms with Crippen LogP contribution in [0.2, 0.25) is 0 Å². The molecule has 11 aromatic carbocycles. The van der Waals surface area contributed by atoms with Crippen LogP contribution in [0.5, 0.6) is 0 Å². The number of fused-ring (bicyclic) bond motifs is 6. The van der Waals surface area contributed by atoms with Gasteiger partial charge in [-0.1, -0.05) is 224 Å². The van der Waals surface area contributed by atoms with E-state index in [1.54, 1.807) is 0 Å². The standard InChI is InChI=1S/C41H28.C16H10/c1-5-16-28(17-6-1)32-26-15-27-34-33-24-13-14-25-35(33)40-37(30-20-9-3-10-21-30)36(29-18-7-2-8-19-29)38(41(40)39(32)34)31-22-11-4-12-23-31;1-3-11-7-9-13-5-2-6-14-10-8-12(4-1)15(11)16(13)14/h1-27,37H;1-10H. The van der Waals surface area contributed by atoms with Crippen molar-refractivity contribution in [3.8, 4) is 11.1 Å². The summed E-state index contributed by atoms with van der Waals surface area (Å²) in [6.45, 7) is 0. The lowest BCUT2D eigenvalue weighted by molar-refractivity contribution is 1.08. The summed E-state index contributed by atoms with van der Waals surface area (Å²) in [5.74, 6) is 0.0990. The fourth-order valence-corrected chi connectivity index (χ4v) is 9.59. The summed E-state index contributed by atoms with van der Waals surface area (Å²) in [5, 5.41) is 13.4. The minimum absolute atomic E-state index is 0.0990. The molecule has 12 rings (SSSR count). The van der Waals surface area contributed by atoms with Gasteiger partial charge >= 0.3 is 0 Å². The van der Waals surface area contributed by atoms with Crippen LogP contribution in [0.4, 0.5) is 0 Å². The van der Waals surface area contributed by atoms with Crippen LogP contribution in [0.25, 0.3) is 76.1 Å². The molecule has 0 bridgehead atoms. The zero-order chi connectivity index (χ0) is 37.7. The van der Waals surface area contributed by atoms with Gasteiger partial charge in [0, 0.05) is 5.92 Å². The van der Waals surface area contributed by atoms with Crippen molar-refractivity contribution in [1.29, 1.82) is 0 Å². The summed E-state index contributed by atoms with van der Waals surface area (Å²) in [6.07, 6.45) is 0. The Labute approximate surface area is 333 Å². The van der Waals surface area contributed by atoms with Crippen molar-refractivity contribution in [2.24, 2.45) is 0 Å². The topological polar surface area (TPSA) is 0 Å². The second-order valence-corrected chi connectivity index (χ2v) is 15.1. The molecule has 0 fully saturated rings. The predicted octanol–water partition coefficient (Wildman–Crippen LogP) is 15.3. The van der Waals surface area contributed by atoms with Gasteiger partial charge in [-0.25, -0.2) is 0 Å². The van der Waals surface area contributed by atoms with E-state index in [-0.39, 0.29) is 5.92 Å². The Bertz CT molecular complexity index is 3120. The third kappa shape index (κ3) is 5.45. The van der Waals surface area contributed by atoms with E-state index in [9.17, 15) is 0 Å². The van der Waals surface area contributed by atoms with Gasteiger partial charge in [0.1, 0.15) is 0 Å². The first-order valence-electron chi connectivity index (χ1n) is 19.9. The van der Waals surface area contributed by atoms with Gasteiger partial charge in [0.25, 0.3) is 0 Å². The monoisotopic (exact) mass is 722 g/mol. The van der Waals surface area contributed by atoms with Gasteiger partial charge in [-0.15, -0.1) is 0 Å². The number of hydrogen-bond acceptors (Lipinski definition) is 0. The Morgan fingerprint density at radius 1 is 0.281 bits per heavy atom. The lowest BCUT2D eigenvalue weighted by atomic mass is 9.81. The van der Waals surface area contributed by atoms with E-state index < -0.39 is 0 Å². The van der Waals surface area contributed by atoms with Crippen LogP contribution < -0.4 is 0 Å². The molecule has 0 heterocycles. The average Bonchev–Trinajstić information content (AvgIpc) is 3.66. The Kier molecular flexibility index (Phi) is 8.00. The van der Waals surface area contributed by atoms with E-state index in [2.05, 4.69) is 224 Å². The first-order chi connectivity index (χ1) is 28.3. The maximum atomic E-state index is 2.33. The van der Waals surface area contributed by atoms with Gasteiger partial charge in [0.05, 0.1) is 0 Å². The molecule has 0 aliphatic heterocycles. The van der Waals surface area contributed by atoms with Crippen LogP contribution in [0.3, 0.4) is 0 Å². The minimum atomic E-state index is 0.0990. The number of allylic oxidation sites excluding steroid dienone is 1. The molecule has 0 N–H and O–H groups in total. The van der Waals surface area contributed by atoms with Crippen LogP contribution >= 0.6 is 0 Å². The number of hydrogen-bond donors (Lipinski definition) is 0. The summed E-state index contributed by atoms with van der Waals surface area (Å²) in [4.78, 5) is 0. The molecule has 0 radical (unpaired) electrons. The summed E-state index contributed by atoms with van der Waals surface area (Å²) in [5.41, 5.74) is 11.8. The predicted molar refractivity (Wildman–Crippen MR) is 244 cm³/mol. The van der Waals surface area contributed by atoms with Crippen molar-refractivity contribution in [1.82, 2.24) is 0 Å². The fraction of sp³-hybridized carbons (Fsp3) is 0.0175. The summed E-state index contributed by atoms with van der Waals surface area (Å²) in [6, 6.07) is 81.7. The Morgan fingerprint density at radius 3 is 1.28 bits per heavy atom. The zero-order valence-corrected chi connectivity index (χ0v) is 31.4. The molecular formula is C57H38. The fourth-order valence-electron chi connectivity index (χ4n) is 9.59. The van der Waals surface area contributed by atoms with Crippen molar-refractivity contribution < 1.29 is 0 Å². The third-order valence-corrected chi connectivity index (χ3v) is 11.9. The minimum Gasteiger partial charge on any atom is -0.0622 e. The first-order valence-corrected chi connectivity index (χ1v) is 19.9. The summed E-state index contributed by atoms with van der Waals surface area (Å²) >= 11 is 0. The molecule has 266 valence electrons. The van der Waals surface area contributed by atoms with E-state index in [0.29, 0.717) is 0 Å². The second kappa shape index (κ2) is 13.8. The van der Waals surface area contributed by atoms with Gasteiger partial charge in [0.2, 0.25) is 0 Å². The molecule has 0 nitrogen and oxygen atoms in total. The van der Waals surface area contributed by atoms with E-state index in [0.717, 1.165) is 0 Å². The Morgan fingerprint density at radius 2 is 0.719 bits per heavy atom. The number of rotatable bonds is 4. The van der Waals surface area contributed by atoms with Crippen molar-refractivity contribution >= 4 is 65.0 Å². The molecule has 0 aromatic heterocycles. The van der Waals surface area contributed by atoms with E-state index in [4.69, 9.17) is 0 Å². The highest BCUT2D eigenvalue weighted by Crippen LogP contribution is 2.57. The average molecular weight is 723 g/mol. The molecular weight excluding hydrogens is 685 g/mol. The van der Waals surface area contributed by atoms with Crippen molar-refractivity contribution in [2.75, 3.05) is 0 Å². The maximum Gasteiger partial charge on any atom is 0.0364 e. The second-order valence-electron chi connectivity index (χ2n) is 15.1. The molecule has 11 aromatic rings.